The van der Waals surface area contributed by atoms with Crippen molar-refractivity contribution in [1.82, 2.24) is 0 Å². The number of ether oxygens (including phenoxy) is 1. The highest BCUT2D eigenvalue weighted by molar-refractivity contribution is 7.99. The fraction of sp³-hybridized carbons (Fsp3) is 0.227. The zero-order valence-corrected chi connectivity index (χ0v) is 16.1. The van der Waals surface area contributed by atoms with Crippen molar-refractivity contribution in [1.29, 1.82) is 0 Å². The monoisotopic (exact) mass is 392 g/mol. The molecule has 2 N–H and O–H groups in total. The fourth-order valence-electron chi connectivity index (χ4n) is 3.86. The van der Waals surface area contributed by atoms with Gasteiger partial charge >= 0.3 is 0 Å². The van der Waals surface area contributed by atoms with E-state index in [9.17, 15) is 4.79 Å². The second-order valence-electron chi connectivity index (χ2n) is 7.00. The summed E-state index contributed by atoms with van der Waals surface area (Å²) in [6.07, 6.45) is 0. The first-order chi connectivity index (χ1) is 13.7. The Bertz CT molecular complexity index is 1090. The van der Waals surface area contributed by atoms with Crippen LogP contribution in [0.15, 0.2) is 73.6 Å². The lowest BCUT2D eigenvalue weighted by Gasteiger charge is -2.30. The third-order valence-corrected chi connectivity index (χ3v) is 6.36. The number of nitrogens with two attached hydrogens (primary N) is 1. The molecule has 0 radical (unpaired) electrons. The van der Waals surface area contributed by atoms with Crippen molar-refractivity contribution in [3.8, 4) is 0 Å². The van der Waals surface area contributed by atoms with E-state index in [1.54, 1.807) is 23.9 Å². The molecule has 2 aliphatic rings. The summed E-state index contributed by atoms with van der Waals surface area (Å²) in [5, 5.41) is 0. The molecule has 0 saturated carbocycles. The molecule has 142 valence electrons. The lowest BCUT2D eigenvalue weighted by molar-refractivity contribution is 0.120. The molecule has 1 unspecified atom stereocenters. The molecule has 6 heteroatoms. The summed E-state index contributed by atoms with van der Waals surface area (Å²) in [4.78, 5) is 16.9. The van der Waals surface area contributed by atoms with Crippen molar-refractivity contribution in [2.75, 3.05) is 36.9 Å². The van der Waals surface area contributed by atoms with Crippen LogP contribution in [-0.2, 0) is 4.74 Å². The molecule has 3 heterocycles. The first-order valence-electron chi connectivity index (χ1n) is 9.33. The normalized spacial score (nSPS) is 18.4. The van der Waals surface area contributed by atoms with Gasteiger partial charge in [-0.05, 0) is 35.4 Å². The molecule has 0 aliphatic carbocycles. The average Bonchev–Trinajstić information content (AvgIpc) is 2.72. The van der Waals surface area contributed by atoms with E-state index in [0.717, 1.165) is 16.0 Å². The predicted octanol–water partition coefficient (Wildman–Crippen LogP) is 3.70. The van der Waals surface area contributed by atoms with Crippen molar-refractivity contribution in [3.05, 3.63) is 81.7 Å². The Morgan fingerprint density at radius 1 is 0.964 bits per heavy atom. The maximum atomic E-state index is 12.5. The molecule has 5 rings (SSSR count). The molecule has 1 atom stereocenters. The van der Waals surface area contributed by atoms with E-state index in [2.05, 4.69) is 17.0 Å². The number of hydrogen-bond donors (Lipinski definition) is 1. The van der Waals surface area contributed by atoms with Crippen molar-refractivity contribution in [3.63, 3.8) is 0 Å². The molecule has 28 heavy (non-hydrogen) atoms. The van der Waals surface area contributed by atoms with Crippen LogP contribution in [0.3, 0.4) is 0 Å². The topological polar surface area (TPSA) is 68.7 Å². The van der Waals surface area contributed by atoms with Gasteiger partial charge in [-0.15, -0.1) is 0 Å². The smallest absolute Gasteiger partial charge is 0.199 e. The number of rotatable bonds is 2. The SMILES string of the molecule is Nc1ccc2c(c1)C(c1cc(=O)cc(N3CCOCC3)o1)c1ccccc1S2. The van der Waals surface area contributed by atoms with E-state index < -0.39 is 0 Å². The fourth-order valence-corrected chi connectivity index (χ4v) is 4.97. The standard InChI is InChI=1S/C22H20N2O3S/c23-14-5-6-20-17(11-14)22(16-3-1-2-4-19(16)28-20)18-12-15(25)13-21(27-18)24-7-9-26-10-8-24/h1-6,11-13,22H,7-10,23H2. The molecule has 1 aromatic heterocycles. The largest absolute Gasteiger partial charge is 0.444 e. The van der Waals surface area contributed by atoms with Crippen molar-refractivity contribution in [2.45, 2.75) is 15.7 Å². The van der Waals surface area contributed by atoms with Crippen LogP contribution in [0.4, 0.5) is 11.6 Å². The van der Waals surface area contributed by atoms with E-state index in [1.807, 2.05) is 30.3 Å². The third-order valence-electron chi connectivity index (χ3n) is 5.17. The van der Waals surface area contributed by atoms with Gasteiger partial charge in [0, 0.05) is 40.7 Å². The van der Waals surface area contributed by atoms with Crippen LogP contribution >= 0.6 is 11.8 Å². The molecule has 0 spiro atoms. The number of nitrogens with zero attached hydrogens (tertiary/aromatic N) is 1. The van der Waals surface area contributed by atoms with Gasteiger partial charge in [-0.3, -0.25) is 4.79 Å². The molecule has 2 aromatic carbocycles. The van der Waals surface area contributed by atoms with Crippen molar-refractivity contribution < 1.29 is 9.15 Å². The Morgan fingerprint density at radius 2 is 1.75 bits per heavy atom. The Balaban J connectivity index is 1.68. The molecular formula is C22H20N2O3S. The van der Waals surface area contributed by atoms with Crippen LogP contribution in [0.1, 0.15) is 22.8 Å². The van der Waals surface area contributed by atoms with Gasteiger partial charge in [0.05, 0.1) is 19.1 Å². The van der Waals surface area contributed by atoms with Crippen LogP contribution in [0.25, 0.3) is 0 Å². The number of benzene rings is 2. The maximum absolute atomic E-state index is 12.5. The summed E-state index contributed by atoms with van der Waals surface area (Å²) in [5.41, 5.74) is 8.95. The number of anilines is 2. The third kappa shape index (κ3) is 3.08. The summed E-state index contributed by atoms with van der Waals surface area (Å²) in [5.74, 6) is 1.09. The minimum absolute atomic E-state index is 0.0519. The van der Waals surface area contributed by atoms with Crippen LogP contribution in [0.2, 0.25) is 0 Å². The lowest BCUT2D eigenvalue weighted by atomic mass is 9.88. The first kappa shape index (κ1) is 17.4. The Labute approximate surface area is 167 Å². The number of hydrogen-bond acceptors (Lipinski definition) is 6. The minimum Gasteiger partial charge on any atom is -0.444 e. The number of fused-ring (bicyclic) bond motifs is 2. The molecule has 0 amide bonds. The average molecular weight is 392 g/mol. The summed E-state index contributed by atoms with van der Waals surface area (Å²) >= 11 is 1.72. The van der Waals surface area contributed by atoms with Crippen LogP contribution in [-0.4, -0.2) is 26.3 Å². The van der Waals surface area contributed by atoms with Crippen molar-refractivity contribution in [2.24, 2.45) is 0 Å². The van der Waals surface area contributed by atoms with Gasteiger partial charge in [-0.25, -0.2) is 0 Å². The van der Waals surface area contributed by atoms with Gasteiger partial charge in [0.2, 0.25) is 0 Å². The zero-order valence-electron chi connectivity index (χ0n) is 15.3. The second kappa shape index (κ2) is 7.04. The van der Waals surface area contributed by atoms with E-state index >= 15 is 0 Å². The molecule has 3 aromatic rings. The number of morpholine rings is 1. The highest BCUT2D eigenvalue weighted by Crippen LogP contribution is 2.49. The summed E-state index contributed by atoms with van der Waals surface area (Å²) < 4.78 is 11.7. The van der Waals surface area contributed by atoms with E-state index in [1.165, 1.54) is 4.90 Å². The zero-order chi connectivity index (χ0) is 19.1. The highest BCUT2D eigenvalue weighted by atomic mass is 32.2. The lowest BCUT2D eigenvalue weighted by Crippen LogP contribution is -2.36. The van der Waals surface area contributed by atoms with Gasteiger partial charge in [0.25, 0.3) is 0 Å². The minimum atomic E-state index is -0.162. The summed E-state index contributed by atoms with van der Waals surface area (Å²) in [6.45, 7) is 2.70. The van der Waals surface area contributed by atoms with Gasteiger partial charge < -0.3 is 19.8 Å². The molecule has 5 nitrogen and oxygen atoms in total. The van der Waals surface area contributed by atoms with E-state index in [0.29, 0.717) is 43.6 Å². The Hall–Kier alpha value is -2.70. The Morgan fingerprint density at radius 3 is 2.61 bits per heavy atom. The van der Waals surface area contributed by atoms with Crippen LogP contribution in [0.5, 0.6) is 0 Å². The van der Waals surface area contributed by atoms with Gasteiger partial charge in [0.15, 0.2) is 11.3 Å². The maximum Gasteiger partial charge on any atom is 0.199 e. The summed E-state index contributed by atoms with van der Waals surface area (Å²) in [6, 6.07) is 17.4. The first-order valence-corrected chi connectivity index (χ1v) is 10.1. The van der Waals surface area contributed by atoms with Gasteiger partial charge in [-0.1, -0.05) is 30.0 Å². The van der Waals surface area contributed by atoms with Gasteiger partial charge in [0.1, 0.15) is 5.76 Å². The highest BCUT2D eigenvalue weighted by Gasteiger charge is 2.30. The van der Waals surface area contributed by atoms with E-state index in [-0.39, 0.29) is 11.3 Å². The molecule has 2 aliphatic heterocycles. The van der Waals surface area contributed by atoms with Gasteiger partial charge in [-0.2, -0.15) is 0 Å². The van der Waals surface area contributed by atoms with Crippen LogP contribution in [0, 0.1) is 0 Å². The number of nitrogen functional groups attached to an aromatic ring is 1. The molecule has 1 fully saturated rings. The second-order valence-corrected chi connectivity index (χ2v) is 8.09. The molecule has 1 saturated heterocycles. The Kier molecular flexibility index (Phi) is 4.37. The quantitative estimate of drug-likeness (QED) is 0.525. The van der Waals surface area contributed by atoms with Crippen LogP contribution < -0.4 is 16.1 Å². The molecule has 0 bridgehead atoms. The molecular weight excluding hydrogens is 372 g/mol. The van der Waals surface area contributed by atoms with Crippen molar-refractivity contribution >= 4 is 23.3 Å². The van der Waals surface area contributed by atoms with E-state index in [4.69, 9.17) is 14.9 Å². The predicted molar refractivity (Wildman–Crippen MR) is 110 cm³/mol. The summed E-state index contributed by atoms with van der Waals surface area (Å²) in [7, 11) is 0.